The maximum atomic E-state index is 5.79. The van der Waals surface area contributed by atoms with Gasteiger partial charge in [-0.3, -0.25) is 0 Å². The zero-order chi connectivity index (χ0) is 12.5. The smallest absolute Gasteiger partial charge is 0.231 e. The Morgan fingerprint density at radius 1 is 1.44 bits per heavy atom. The Morgan fingerprint density at radius 2 is 2.33 bits per heavy atom. The number of nitrogens with one attached hydrogen (secondary N) is 1. The van der Waals surface area contributed by atoms with Gasteiger partial charge >= 0.3 is 0 Å². The number of fused-ring (bicyclic) bond motifs is 1. The third kappa shape index (κ3) is 1.94. The van der Waals surface area contributed by atoms with E-state index in [0.717, 1.165) is 40.4 Å². The second kappa shape index (κ2) is 4.95. The van der Waals surface area contributed by atoms with Gasteiger partial charge in [0.15, 0.2) is 11.5 Å². The predicted molar refractivity (Wildman–Crippen MR) is 68.4 cm³/mol. The lowest BCUT2D eigenvalue weighted by Crippen LogP contribution is -2.33. The standard InChI is InChI=1S/C12H14BrNO4/c1-15-11-7(13)4-8-12(18-6-17-8)10(11)9-5-14-2-3-16-9/h4,9,14H,2-3,5-6H2,1H3. The third-order valence-corrected chi connectivity index (χ3v) is 3.65. The summed E-state index contributed by atoms with van der Waals surface area (Å²) in [6.07, 6.45) is -0.0818. The normalized spacial score (nSPS) is 22.0. The van der Waals surface area contributed by atoms with E-state index in [1.54, 1.807) is 7.11 Å². The van der Waals surface area contributed by atoms with Crippen LogP contribution < -0.4 is 19.5 Å². The Kier molecular flexibility index (Phi) is 3.32. The fraction of sp³-hybridized carbons (Fsp3) is 0.500. The maximum absolute atomic E-state index is 5.79. The average molecular weight is 316 g/mol. The molecular formula is C12H14BrNO4. The van der Waals surface area contributed by atoms with Gasteiger partial charge in [0.05, 0.1) is 23.8 Å². The molecule has 0 bridgehead atoms. The van der Waals surface area contributed by atoms with E-state index >= 15 is 0 Å². The van der Waals surface area contributed by atoms with Crippen molar-refractivity contribution in [3.05, 3.63) is 16.1 Å². The lowest BCUT2D eigenvalue weighted by atomic mass is 10.0. The van der Waals surface area contributed by atoms with Gasteiger partial charge in [-0.25, -0.2) is 0 Å². The molecule has 0 radical (unpaired) electrons. The highest BCUT2D eigenvalue weighted by atomic mass is 79.9. The zero-order valence-corrected chi connectivity index (χ0v) is 11.6. The van der Waals surface area contributed by atoms with Gasteiger partial charge in [0.25, 0.3) is 0 Å². The first-order valence-corrected chi connectivity index (χ1v) is 6.59. The van der Waals surface area contributed by atoms with Crippen LogP contribution in [0.15, 0.2) is 10.5 Å². The Labute approximate surface area is 113 Å². The van der Waals surface area contributed by atoms with Crippen LogP contribution in [0.4, 0.5) is 0 Å². The highest BCUT2D eigenvalue weighted by Gasteiger charge is 2.31. The molecule has 3 rings (SSSR count). The lowest BCUT2D eigenvalue weighted by Gasteiger charge is -2.26. The summed E-state index contributed by atoms with van der Waals surface area (Å²) in [4.78, 5) is 0. The minimum absolute atomic E-state index is 0.0818. The third-order valence-electron chi connectivity index (χ3n) is 3.06. The van der Waals surface area contributed by atoms with Crippen LogP contribution in [0, 0.1) is 0 Å². The largest absolute Gasteiger partial charge is 0.495 e. The summed E-state index contributed by atoms with van der Waals surface area (Å²) >= 11 is 3.49. The number of hydrogen-bond donors (Lipinski definition) is 1. The van der Waals surface area contributed by atoms with E-state index in [1.807, 2.05) is 6.07 Å². The quantitative estimate of drug-likeness (QED) is 0.902. The van der Waals surface area contributed by atoms with Crippen molar-refractivity contribution in [1.82, 2.24) is 5.32 Å². The highest BCUT2D eigenvalue weighted by Crippen LogP contribution is 2.48. The number of rotatable bonds is 2. The van der Waals surface area contributed by atoms with E-state index in [0.29, 0.717) is 6.61 Å². The van der Waals surface area contributed by atoms with Gasteiger partial charge in [-0.1, -0.05) is 0 Å². The second-order valence-corrected chi connectivity index (χ2v) is 4.96. The van der Waals surface area contributed by atoms with Crippen LogP contribution in [-0.2, 0) is 4.74 Å². The predicted octanol–water partition coefficient (Wildman–Crippen LogP) is 1.85. The number of methoxy groups -OCH3 is 1. The molecule has 98 valence electrons. The van der Waals surface area contributed by atoms with Crippen molar-refractivity contribution in [2.24, 2.45) is 0 Å². The van der Waals surface area contributed by atoms with Crippen LogP contribution in [0.2, 0.25) is 0 Å². The van der Waals surface area contributed by atoms with Gasteiger partial charge in [0.2, 0.25) is 6.79 Å². The molecule has 0 saturated carbocycles. The minimum Gasteiger partial charge on any atom is -0.495 e. The molecule has 0 amide bonds. The van der Waals surface area contributed by atoms with Gasteiger partial charge in [-0.15, -0.1) is 0 Å². The summed E-state index contributed by atoms with van der Waals surface area (Å²) in [5.74, 6) is 2.20. The van der Waals surface area contributed by atoms with Crippen LogP contribution in [0.5, 0.6) is 17.2 Å². The molecule has 0 aromatic heterocycles. The second-order valence-electron chi connectivity index (χ2n) is 4.10. The average Bonchev–Trinajstić information content (AvgIpc) is 2.85. The summed E-state index contributed by atoms with van der Waals surface area (Å²) in [5.41, 5.74) is 0.909. The highest BCUT2D eigenvalue weighted by molar-refractivity contribution is 9.10. The molecule has 18 heavy (non-hydrogen) atoms. The number of morpholine rings is 1. The van der Waals surface area contributed by atoms with E-state index in [9.17, 15) is 0 Å². The van der Waals surface area contributed by atoms with Gasteiger partial charge in [0, 0.05) is 19.2 Å². The Hall–Kier alpha value is -0.980. The van der Waals surface area contributed by atoms with Crippen molar-refractivity contribution < 1.29 is 18.9 Å². The molecule has 1 unspecified atom stereocenters. The topological polar surface area (TPSA) is 49.0 Å². The molecular weight excluding hydrogens is 302 g/mol. The van der Waals surface area contributed by atoms with Crippen molar-refractivity contribution in [2.75, 3.05) is 33.6 Å². The van der Waals surface area contributed by atoms with Crippen LogP contribution in [0.3, 0.4) is 0 Å². The maximum Gasteiger partial charge on any atom is 0.231 e. The monoisotopic (exact) mass is 315 g/mol. The molecule has 2 aliphatic heterocycles. The van der Waals surface area contributed by atoms with E-state index in [1.165, 1.54) is 0 Å². The summed E-state index contributed by atoms with van der Waals surface area (Å²) in [6.45, 7) is 2.52. The number of ether oxygens (including phenoxy) is 4. The Balaban J connectivity index is 2.09. The first-order valence-electron chi connectivity index (χ1n) is 5.79. The van der Waals surface area contributed by atoms with Crippen LogP contribution >= 0.6 is 15.9 Å². The van der Waals surface area contributed by atoms with Crippen LogP contribution in [-0.4, -0.2) is 33.6 Å². The number of hydrogen-bond acceptors (Lipinski definition) is 5. The molecule has 2 heterocycles. The van der Waals surface area contributed by atoms with Crippen molar-refractivity contribution >= 4 is 15.9 Å². The summed E-state index contributed by atoms with van der Waals surface area (Å²) in [6, 6.07) is 1.86. The van der Waals surface area contributed by atoms with Crippen molar-refractivity contribution in [1.29, 1.82) is 0 Å². The first kappa shape index (κ1) is 12.1. The molecule has 1 fully saturated rings. The van der Waals surface area contributed by atoms with Crippen LogP contribution in [0.1, 0.15) is 11.7 Å². The molecule has 0 spiro atoms. The summed E-state index contributed by atoms with van der Waals surface area (Å²) in [7, 11) is 1.64. The molecule has 6 heteroatoms. The van der Waals surface area contributed by atoms with Crippen molar-refractivity contribution in [2.45, 2.75) is 6.10 Å². The van der Waals surface area contributed by atoms with Gasteiger partial charge in [0.1, 0.15) is 11.9 Å². The van der Waals surface area contributed by atoms with E-state index in [-0.39, 0.29) is 12.9 Å². The lowest BCUT2D eigenvalue weighted by molar-refractivity contribution is 0.0244. The summed E-state index contributed by atoms with van der Waals surface area (Å²) < 4.78 is 23.1. The molecule has 2 aliphatic rings. The van der Waals surface area contributed by atoms with Gasteiger partial charge in [-0.05, 0) is 15.9 Å². The van der Waals surface area contributed by atoms with Gasteiger partial charge in [-0.2, -0.15) is 0 Å². The van der Waals surface area contributed by atoms with Crippen LogP contribution in [0.25, 0.3) is 0 Å². The number of halogens is 1. The molecule has 5 nitrogen and oxygen atoms in total. The molecule has 1 aromatic rings. The SMILES string of the molecule is COc1c(Br)cc2c(c1C1CNCCO1)OCO2. The van der Waals surface area contributed by atoms with E-state index in [2.05, 4.69) is 21.2 Å². The fourth-order valence-electron chi connectivity index (χ4n) is 2.27. The molecule has 1 aromatic carbocycles. The van der Waals surface area contributed by atoms with E-state index < -0.39 is 0 Å². The summed E-state index contributed by atoms with van der Waals surface area (Å²) in [5, 5.41) is 3.30. The fourth-order valence-corrected chi connectivity index (χ4v) is 2.85. The molecule has 1 saturated heterocycles. The Bertz CT molecular complexity index is 456. The number of benzene rings is 1. The molecule has 1 atom stereocenters. The molecule has 0 aliphatic carbocycles. The van der Waals surface area contributed by atoms with E-state index in [4.69, 9.17) is 18.9 Å². The Morgan fingerprint density at radius 3 is 3.06 bits per heavy atom. The minimum atomic E-state index is -0.0818. The van der Waals surface area contributed by atoms with Crippen molar-refractivity contribution in [3.8, 4) is 17.2 Å². The molecule has 1 N–H and O–H groups in total. The van der Waals surface area contributed by atoms with Gasteiger partial charge < -0.3 is 24.3 Å². The first-order chi connectivity index (χ1) is 8.81. The zero-order valence-electron chi connectivity index (χ0n) is 9.99. The van der Waals surface area contributed by atoms with Crippen molar-refractivity contribution in [3.63, 3.8) is 0 Å².